The molecule has 16 heavy (non-hydrogen) atoms. The average Bonchev–Trinajstić information content (AvgIpc) is 2.81. The summed E-state index contributed by atoms with van der Waals surface area (Å²) in [5.74, 6) is 0.679. The molecule has 0 spiro atoms. The molecule has 2 unspecified atom stereocenters. The van der Waals surface area contributed by atoms with Crippen LogP contribution in [0.2, 0.25) is 0 Å². The van der Waals surface area contributed by atoms with Gasteiger partial charge in [0.15, 0.2) is 0 Å². The van der Waals surface area contributed by atoms with Crippen molar-refractivity contribution in [3.05, 3.63) is 16.6 Å². The molecule has 2 rings (SSSR count). The largest absolute Gasteiger partial charge is 0.330 e. The molecule has 0 saturated heterocycles. The van der Waals surface area contributed by atoms with Crippen LogP contribution < -0.4 is 5.73 Å². The van der Waals surface area contributed by atoms with E-state index in [1.54, 1.807) is 11.3 Å². The van der Waals surface area contributed by atoms with Crippen molar-refractivity contribution in [2.45, 2.75) is 38.3 Å². The third-order valence-electron chi connectivity index (χ3n) is 3.61. The van der Waals surface area contributed by atoms with Crippen LogP contribution in [-0.4, -0.2) is 29.5 Å². The van der Waals surface area contributed by atoms with Gasteiger partial charge in [-0.3, -0.25) is 4.90 Å². The van der Waals surface area contributed by atoms with E-state index in [-0.39, 0.29) is 0 Å². The Balaban J connectivity index is 1.94. The zero-order valence-corrected chi connectivity index (χ0v) is 10.7. The van der Waals surface area contributed by atoms with Gasteiger partial charge in [0.05, 0.1) is 6.54 Å². The van der Waals surface area contributed by atoms with E-state index in [1.807, 2.05) is 11.6 Å². The molecule has 4 heteroatoms. The van der Waals surface area contributed by atoms with E-state index < -0.39 is 0 Å². The number of thiazole rings is 1. The maximum atomic E-state index is 5.87. The quantitative estimate of drug-likeness (QED) is 0.875. The summed E-state index contributed by atoms with van der Waals surface area (Å²) in [4.78, 5) is 6.79. The number of hydrogen-bond donors (Lipinski definition) is 1. The molecule has 1 heterocycles. The van der Waals surface area contributed by atoms with Crippen LogP contribution in [0.3, 0.4) is 0 Å². The molecule has 1 aliphatic rings. The van der Waals surface area contributed by atoms with Crippen LogP contribution >= 0.6 is 11.3 Å². The summed E-state index contributed by atoms with van der Waals surface area (Å²) in [5.41, 5.74) is 5.87. The van der Waals surface area contributed by atoms with E-state index >= 15 is 0 Å². The van der Waals surface area contributed by atoms with Gasteiger partial charge in [-0.2, -0.15) is 0 Å². The summed E-state index contributed by atoms with van der Waals surface area (Å²) in [7, 11) is 2.21. The normalized spacial score (nSPS) is 26.2. The van der Waals surface area contributed by atoms with Gasteiger partial charge < -0.3 is 5.73 Å². The van der Waals surface area contributed by atoms with Gasteiger partial charge in [-0.05, 0) is 32.4 Å². The molecule has 0 radical (unpaired) electrons. The maximum Gasteiger partial charge on any atom is 0.107 e. The number of aromatic nitrogens is 1. The highest BCUT2D eigenvalue weighted by atomic mass is 32.1. The molecule has 0 bridgehead atoms. The molecular weight excluding hydrogens is 218 g/mol. The van der Waals surface area contributed by atoms with Gasteiger partial charge in [-0.1, -0.05) is 12.8 Å². The van der Waals surface area contributed by atoms with Crippen molar-refractivity contribution < 1.29 is 0 Å². The second kappa shape index (κ2) is 5.75. The summed E-state index contributed by atoms with van der Waals surface area (Å²) in [6.45, 7) is 1.80. The molecule has 1 aromatic rings. The van der Waals surface area contributed by atoms with E-state index in [0.717, 1.165) is 13.1 Å². The highest BCUT2D eigenvalue weighted by Crippen LogP contribution is 2.28. The van der Waals surface area contributed by atoms with Gasteiger partial charge in [0.1, 0.15) is 5.01 Å². The molecule has 2 N–H and O–H groups in total. The lowest BCUT2D eigenvalue weighted by Crippen LogP contribution is -2.42. The van der Waals surface area contributed by atoms with Gasteiger partial charge in [0, 0.05) is 17.6 Å². The number of hydrogen-bond acceptors (Lipinski definition) is 4. The van der Waals surface area contributed by atoms with E-state index in [0.29, 0.717) is 12.0 Å². The average molecular weight is 239 g/mol. The van der Waals surface area contributed by atoms with Crippen molar-refractivity contribution in [1.82, 2.24) is 9.88 Å². The number of nitrogens with zero attached hydrogens (tertiary/aromatic N) is 2. The zero-order valence-electron chi connectivity index (χ0n) is 9.93. The Kier molecular flexibility index (Phi) is 4.32. The molecule has 90 valence electrons. The van der Waals surface area contributed by atoms with Crippen LogP contribution in [0, 0.1) is 5.92 Å². The Bertz CT molecular complexity index is 299. The third kappa shape index (κ3) is 2.81. The van der Waals surface area contributed by atoms with Crippen LogP contribution in [0.1, 0.15) is 30.7 Å². The Morgan fingerprint density at radius 1 is 1.50 bits per heavy atom. The minimum absolute atomic E-state index is 0.655. The minimum Gasteiger partial charge on any atom is -0.330 e. The van der Waals surface area contributed by atoms with Crippen molar-refractivity contribution in [1.29, 1.82) is 0 Å². The first kappa shape index (κ1) is 12.0. The molecule has 3 nitrogen and oxygen atoms in total. The molecule has 1 aromatic heterocycles. The zero-order chi connectivity index (χ0) is 11.4. The van der Waals surface area contributed by atoms with Crippen LogP contribution in [0.5, 0.6) is 0 Å². The lowest BCUT2D eigenvalue weighted by molar-refractivity contribution is 0.127. The molecular formula is C12H21N3S. The van der Waals surface area contributed by atoms with Crippen molar-refractivity contribution in [2.75, 3.05) is 13.6 Å². The van der Waals surface area contributed by atoms with Crippen molar-refractivity contribution in [3.63, 3.8) is 0 Å². The summed E-state index contributed by atoms with van der Waals surface area (Å²) in [5, 5.41) is 3.26. The molecule has 2 atom stereocenters. The fraction of sp³-hybridized carbons (Fsp3) is 0.750. The molecule has 1 aliphatic carbocycles. The first-order chi connectivity index (χ1) is 7.81. The lowest BCUT2D eigenvalue weighted by atomic mass is 9.84. The predicted molar refractivity (Wildman–Crippen MR) is 68.4 cm³/mol. The molecule has 1 saturated carbocycles. The van der Waals surface area contributed by atoms with Gasteiger partial charge in [0.2, 0.25) is 0 Å². The lowest BCUT2D eigenvalue weighted by Gasteiger charge is -2.37. The smallest absolute Gasteiger partial charge is 0.107 e. The van der Waals surface area contributed by atoms with Crippen LogP contribution in [0.25, 0.3) is 0 Å². The maximum absolute atomic E-state index is 5.87. The molecule has 0 aliphatic heterocycles. The van der Waals surface area contributed by atoms with Gasteiger partial charge in [0.25, 0.3) is 0 Å². The van der Waals surface area contributed by atoms with Crippen LogP contribution in [0.4, 0.5) is 0 Å². The van der Waals surface area contributed by atoms with Crippen molar-refractivity contribution in [3.8, 4) is 0 Å². The molecule has 0 amide bonds. The Labute approximate surface area is 102 Å². The van der Waals surface area contributed by atoms with E-state index in [4.69, 9.17) is 5.73 Å². The summed E-state index contributed by atoms with van der Waals surface area (Å²) in [6.07, 6.45) is 7.18. The molecule has 0 aromatic carbocycles. The number of rotatable bonds is 4. The second-order valence-electron chi connectivity index (χ2n) is 4.69. The van der Waals surface area contributed by atoms with Crippen LogP contribution in [-0.2, 0) is 6.54 Å². The van der Waals surface area contributed by atoms with Crippen molar-refractivity contribution >= 4 is 11.3 Å². The summed E-state index contributed by atoms with van der Waals surface area (Å²) in [6, 6.07) is 0.655. The number of nitrogens with two attached hydrogens (primary N) is 1. The fourth-order valence-electron chi connectivity index (χ4n) is 2.70. The monoisotopic (exact) mass is 239 g/mol. The van der Waals surface area contributed by atoms with Gasteiger partial charge in [-0.25, -0.2) is 4.98 Å². The minimum atomic E-state index is 0.655. The fourth-order valence-corrected chi connectivity index (χ4v) is 3.38. The first-order valence-electron chi connectivity index (χ1n) is 6.10. The first-order valence-corrected chi connectivity index (χ1v) is 6.98. The van der Waals surface area contributed by atoms with E-state index in [9.17, 15) is 0 Å². The van der Waals surface area contributed by atoms with Gasteiger partial charge >= 0.3 is 0 Å². The Morgan fingerprint density at radius 3 is 3.00 bits per heavy atom. The van der Waals surface area contributed by atoms with E-state index in [1.165, 1.54) is 30.7 Å². The predicted octanol–water partition coefficient (Wildman–Crippen LogP) is 2.09. The Hall–Kier alpha value is -0.450. The van der Waals surface area contributed by atoms with Crippen molar-refractivity contribution in [2.24, 2.45) is 11.7 Å². The van der Waals surface area contributed by atoms with Gasteiger partial charge in [-0.15, -0.1) is 11.3 Å². The summed E-state index contributed by atoms with van der Waals surface area (Å²) >= 11 is 1.74. The molecule has 1 fully saturated rings. The Morgan fingerprint density at radius 2 is 2.31 bits per heavy atom. The topological polar surface area (TPSA) is 42.2 Å². The highest BCUT2D eigenvalue weighted by Gasteiger charge is 2.27. The third-order valence-corrected chi connectivity index (χ3v) is 4.37. The van der Waals surface area contributed by atoms with Crippen LogP contribution in [0.15, 0.2) is 11.6 Å². The second-order valence-corrected chi connectivity index (χ2v) is 5.67. The SMILES string of the molecule is CN(Cc1nccs1)C1CCCCC1CN. The van der Waals surface area contributed by atoms with E-state index in [2.05, 4.69) is 16.9 Å². The highest BCUT2D eigenvalue weighted by molar-refractivity contribution is 7.09. The standard InChI is InChI=1S/C12H21N3S/c1-15(9-12-14-6-7-16-12)11-5-3-2-4-10(11)8-13/h6-7,10-11H,2-5,8-9,13H2,1H3. The summed E-state index contributed by atoms with van der Waals surface area (Å²) < 4.78 is 0.